The number of benzene rings is 2. The number of hydrogen-bond acceptors (Lipinski definition) is 2. The molecule has 0 fully saturated rings. The number of halogens is 2. The van der Waals surface area contributed by atoms with Gasteiger partial charge >= 0.3 is 0 Å². The van der Waals surface area contributed by atoms with Crippen molar-refractivity contribution in [3.63, 3.8) is 0 Å². The molecule has 1 atom stereocenters. The van der Waals surface area contributed by atoms with Crippen LogP contribution in [0.4, 0.5) is 0 Å². The summed E-state index contributed by atoms with van der Waals surface area (Å²) in [6.07, 6.45) is 0. The van der Waals surface area contributed by atoms with E-state index in [4.69, 9.17) is 22.1 Å². The lowest BCUT2D eigenvalue weighted by atomic mass is 10.1. The minimum absolute atomic E-state index is 0.0252. The Balaban J connectivity index is 2.05. The minimum Gasteiger partial charge on any atom is -0.487 e. The van der Waals surface area contributed by atoms with E-state index >= 15 is 0 Å². The first-order valence-corrected chi connectivity index (χ1v) is 7.44. The van der Waals surface area contributed by atoms with Crippen LogP contribution < -0.4 is 10.5 Å². The van der Waals surface area contributed by atoms with Gasteiger partial charge in [-0.3, -0.25) is 0 Å². The van der Waals surface area contributed by atoms with Gasteiger partial charge in [0, 0.05) is 9.61 Å². The highest BCUT2D eigenvalue weighted by Gasteiger charge is 2.06. The first-order chi connectivity index (χ1) is 9.06. The molecule has 1 unspecified atom stereocenters. The second kappa shape index (κ2) is 6.59. The molecule has 0 aliphatic carbocycles. The maximum atomic E-state index is 6.18. The molecule has 2 aromatic carbocycles. The molecule has 19 heavy (non-hydrogen) atoms. The Morgan fingerprint density at radius 2 is 1.89 bits per heavy atom. The second-order valence-corrected chi connectivity index (χ2v) is 6.05. The van der Waals surface area contributed by atoms with Gasteiger partial charge in [-0.2, -0.15) is 0 Å². The molecule has 2 nitrogen and oxygen atoms in total. The molecule has 0 bridgehead atoms. The van der Waals surface area contributed by atoms with Gasteiger partial charge in [-0.25, -0.2) is 0 Å². The summed E-state index contributed by atoms with van der Waals surface area (Å²) in [6.45, 7) is 2.44. The molecule has 0 aromatic heterocycles. The molecule has 0 heterocycles. The van der Waals surface area contributed by atoms with Crippen LogP contribution in [0.1, 0.15) is 24.1 Å². The molecule has 0 saturated heterocycles. The van der Waals surface area contributed by atoms with Gasteiger partial charge in [0.1, 0.15) is 12.4 Å². The first-order valence-electron chi connectivity index (χ1n) is 5.98. The van der Waals surface area contributed by atoms with Crippen molar-refractivity contribution < 1.29 is 4.74 Å². The molecule has 100 valence electrons. The summed E-state index contributed by atoms with van der Waals surface area (Å²) in [6, 6.07) is 13.9. The number of rotatable bonds is 4. The Hall–Kier alpha value is -0.780. The van der Waals surface area contributed by atoms with Gasteiger partial charge in [0.25, 0.3) is 0 Å². The normalized spacial score (nSPS) is 12.2. The SMILES string of the molecule is CC(N)c1ccc(OCc2ccc(I)cc2)c(Cl)c1. The fourth-order valence-corrected chi connectivity index (χ4v) is 2.26. The Morgan fingerprint density at radius 3 is 2.47 bits per heavy atom. The van der Waals surface area contributed by atoms with E-state index < -0.39 is 0 Å². The lowest BCUT2D eigenvalue weighted by Gasteiger charge is -2.11. The van der Waals surface area contributed by atoms with Crippen molar-refractivity contribution in [3.8, 4) is 5.75 Å². The molecule has 4 heteroatoms. The van der Waals surface area contributed by atoms with Crippen LogP contribution in [0, 0.1) is 3.57 Å². The van der Waals surface area contributed by atoms with Gasteiger partial charge in [0.2, 0.25) is 0 Å². The lowest BCUT2D eigenvalue weighted by Crippen LogP contribution is -2.05. The van der Waals surface area contributed by atoms with E-state index in [1.807, 2.05) is 37.3 Å². The second-order valence-electron chi connectivity index (χ2n) is 4.39. The van der Waals surface area contributed by atoms with Gasteiger partial charge in [-0.1, -0.05) is 29.8 Å². The van der Waals surface area contributed by atoms with Gasteiger partial charge in [-0.05, 0) is 64.9 Å². The van der Waals surface area contributed by atoms with E-state index in [0.717, 1.165) is 11.1 Å². The van der Waals surface area contributed by atoms with Crippen LogP contribution in [-0.4, -0.2) is 0 Å². The topological polar surface area (TPSA) is 35.2 Å². The fraction of sp³-hybridized carbons (Fsp3) is 0.200. The van der Waals surface area contributed by atoms with Crippen molar-refractivity contribution in [2.45, 2.75) is 19.6 Å². The number of nitrogens with two attached hydrogens (primary N) is 1. The van der Waals surface area contributed by atoms with Crippen LogP contribution in [0.25, 0.3) is 0 Å². The van der Waals surface area contributed by atoms with Crippen molar-refractivity contribution in [1.29, 1.82) is 0 Å². The molecule has 0 aliphatic rings. The highest BCUT2D eigenvalue weighted by atomic mass is 127. The molecule has 0 spiro atoms. The van der Waals surface area contributed by atoms with Crippen molar-refractivity contribution in [2.24, 2.45) is 5.73 Å². The van der Waals surface area contributed by atoms with Crippen LogP contribution in [-0.2, 0) is 6.61 Å². The summed E-state index contributed by atoms with van der Waals surface area (Å²) in [5.41, 5.74) is 7.94. The zero-order chi connectivity index (χ0) is 13.8. The van der Waals surface area contributed by atoms with Gasteiger partial charge in [0.05, 0.1) is 5.02 Å². The quantitative estimate of drug-likeness (QED) is 0.782. The molecule has 2 N–H and O–H groups in total. The molecule has 0 aliphatic heterocycles. The minimum atomic E-state index is -0.0252. The van der Waals surface area contributed by atoms with Gasteiger partial charge in [0.15, 0.2) is 0 Å². The van der Waals surface area contributed by atoms with E-state index in [0.29, 0.717) is 17.4 Å². The first kappa shape index (κ1) is 14.6. The van der Waals surface area contributed by atoms with Crippen molar-refractivity contribution >= 4 is 34.2 Å². The maximum absolute atomic E-state index is 6.18. The molecule has 0 amide bonds. The summed E-state index contributed by atoms with van der Waals surface area (Å²) in [7, 11) is 0. The van der Waals surface area contributed by atoms with Crippen LogP contribution in [0.3, 0.4) is 0 Å². The zero-order valence-corrected chi connectivity index (χ0v) is 13.5. The Labute approximate surface area is 132 Å². The molecule has 2 rings (SSSR count). The van der Waals surface area contributed by atoms with Crippen LogP contribution in [0.2, 0.25) is 5.02 Å². The molecule has 0 saturated carbocycles. The van der Waals surface area contributed by atoms with Gasteiger partial charge < -0.3 is 10.5 Å². The Kier molecular flexibility index (Phi) is 5.07. The summed E-state index contributed by atoms with van der Waals surface area (Å²) >= 11 is 8.46. The average Bonchev–Trinajstić information content (AvgIpc) is 2.39. The monoisotopic (exact) mass is 387 g/mol. The van der Waals surface area contributed by atoms with E-state index in [-0.39, 0.29) is 6.04 Å². The summed E-state index contributed by atoms with van der Waals surface area (Å²) in [5, 5.41) is 0.598. The van der Waals surface area contributed by atoms with Gasteiger partial charge in [-0.15, -0.1) is 0 Å². The van der Waals surface area contributed by atoms with Crippen molar-refractivity contribution in [2.75, 3.05) is 0 Å². The van der Waals surface area contributed by atoms with Crippen LogP contribution in [0.15, 0.2) is 42.5 Å². The lowest BCUT2D eigenvalue weighted by molar-refractivity contribution is 0.306. The molecule has 2 aromatic rings. The van der Waals surface area contributed by atoms with Crippen molar-refractivity contribution in [3.05, 3.63) is 62.2 Å². The van der Waals surface area contributed by atoms with E-state index in [1.54, 1.807) is 0 Å². The fourth-order valence-electron chi connectivity index (χ4n) is 1.66. The third-order valence-corrected chi connectivity index (χ3v) is 3.80. The average molecular weight is 388 g/mol. The highest BCUT2D eigenvalue weighted by Crippen LogP contribution is 2.28. The molecular formula is C15H15ClINO. The smallest absolute Gasteiger partial charge is 0.138 e. The largest absolute Gasteiger partial charge is 0.487 e. The maximum Gasteiger partial charge on any atom is 0.138 e. The van der Waals surface area contributed by atoms with Crippen LogP contribution in [0.5, 0.6) is 5.75 Å². The summed E-state index contributed by atoms with van der Waals surface area (Å²) in [4.78, 5) is 0. The van der Waals surface area contributed by atoms with Crippen molar-refractivity contribution in [1.82, 2.24) is 0 Å². The zero-order valence-electron chi connectivity index (χ0n) is 10.6. The molecule has 0 radical (unpaired) electrons. The number of ether oxygens (including phenoxy) is 1. The van der Waals surface area contributed by atoms with Crippen LogP contribution >= 0.6 is 34.2 Å². The molecular weight excluding hydrogens is 373 g/mol. The highest BCUT2D eigenvalue weighted by molar-refractivity contribution is 14.1. The summed E-state index contributed by atoms with van der Waals surface area (Å²) in [5.74, 6) is 0.685. The Bertz CT molecular complexity index is 555. The standard InChI is InChI=1S/C15H15ClINO/c1-10(18)12-4-7-15(14(16)8-12)19-9-11-2-5-13(17)6-3-11/h2-8,10H,9,18H2,1H3. The van der Waals surface area contributed by atoms with E-state index in [9.17, 15) is 0 Å². The van der Waals surface area contributed by atoms with E-state index in [1.165, 1.54) is 3.57 Å². The third-order valence-electron chi connectivity index (χ3n) is 2.79. The summed E-state index contributed by atoms with van der Waals surface area (Å²) < 4.78 is 6.93. The predicted octanol–water partition coefficient (Wildman–Crippen LogP) is 4.54. The predicted molar refractivity (Wildman–Crippen MR) is 87.5 cm³/mol. The van der Waals surface area contributed by atoms with E-state index in [2.05, 4.69) is 34.7 Å². The number of hydrogen-bond donors (Lipinski definition) is 1. The Morgan fingerprint density at radius 1 is 1.21 bits per heavy atom. The third kappa shape index (κ3) is 4.09.